The van der Waals surface area contributed by atoms with Crippen LogP contribution in [0.5, 0.6) is 5.75 Å². The summed E-state index contributed by atoms with van der Waals surface area (Å²) in [5.41, 5.74) is 2.68. The molecule has 1 aromatic heterocycles. The van der Waals surface area contributed by atoms with Gasteiger partial charge in [-0.3, -0.25) is 9.59 Å². The van der Waals surface area contributed by atoms with Crippen LogP contribution < -0.4 is 10.1 Å². The van der Waals surface area contributed by atoms with E-state index < -0.39 is 0 Å². The third-order valence-corrected chi connectivity index (χ3v) is 5.89. The zero-order valence-electron chi connectivity index (χ0n) is 18.1. The standard InChI is InChI=1S/C24H29N3O4/c1-3-4-21(28)18-12-19(18)24(29)27-23-13-20(25-14-26-23)16-5-6-22(15(2)11-16)31-17-7-9-30-10-8-17/h5-6,11,13-14,17-19H,3-4,7-10,12H2,1-2H3,(H,25,26,27,29)/t18-,19-/m1/s1. The van der Waals surface area contributed by atoms with Crippen molar-refractivity contribution in [2.45, 2.75) is 52.1 Å². The molecule has 2 aromatic rings. The summed E-state index contributed by atoms with van der Waals surface area (Å²) in [6.07, 6.45) is 5.44. The molecule has 164 valence electrons. The van der Waals surface area contributed by atoms with Crippen LogP contribution in [0.3, 0.4) is 0 Å². The monoisotopic (exact) mass is 423 g/mol. The normalized spacial score (nSPS) is 20.8. The number of amides is 1. The van der Waals surface area contributed by atoms with Gasteiger partial charge in [0.05, 0.1) is 18.9 Å². The van der Waals surface area contributed by atoms with Gasteiger partial charge in [0.1, 0.15) is 29.8 Å². The van der Waals surface area contributed by atoms with Gasteiger partial charge in [-0.05, 0) is 43.5 Å². The van der Waals surface area contributed by atoms with Gasteiger partial charge in [0.25, 0.3) is 0 Å². The molecule has 31 heavy (non-hydrogen) atoms. The molecular formula is C24H29N3O4. The Labute approximate surface area is 182 Å². The predicted octanol–water partition coefficient (Wildman–Crippen LogP) is 3.95. The average molecular weight is 424 g/mol. The number of hydrogen-bond donors (Lipinski definition) is 1. The molecular weight excluding hydrogens is 394 g/mol. The third-order valence-electron chi connectivity index (χ3n) is 5.89. The number of ether oxygens (including phenoxy) is 2. The van der Waals surface area contributed by atoms with Gasteiger partial charge < -0.3 is 14.8 Å². The first kappa shape index (κ1) is 21.4. The molecule has 2 atom stereocenters. The van der Waals surface area contributed by atoms with E-state index in [1.54, 1.807) is 6.07 Å². The van der Waals surface area contributed by atoms with Crippen LogP contribution in [-0.4, -0.2) is 41.0 Å². The van der Waals surface area contributed by atoms with E-state index >= 15 is 0 Å². The second-order valence-corrected chi connectivity index (χ2v) is 8.35. The van der Waals surface area contributed by atoms with E-state index in [9.17, 15) is 9.59 Å². The van der Waals surface area contributed by atoms with Gasteiger partial charge in [0, 0.05) is 42.7 Å². The van der Waals surface area contributed by atoms with Crippen molar-refractivity contribution < 1.29 is 19.1 Å². The van der Waals surface area contributed by atoms with Crippen LogP contribution in [0.25, 0.3) is 11.3 Å². The number of nitrogens with one attached hydrogen (secondary N) is 1. The van der Waals surface area contributed by atoms with Gasteiger partial charge in [0.15, 0.2) is 0 Å². The second-order valence-electron chi connectivity index (χ2n) is 8.35. The van der Waals surface area contributed by atoms with Crippen molar-refractivity contribution in [3.8, 4) is 17.0 Å². The maximum atomic E-state index is 12.5. The molecule has 2 heterocycles. The van der Waals surface area contributed by atoms with Gasteiger partial charge in [-0.15, -0.1) is 0 Å². The van der Waals surface area contributed by atoms with Gasteiger partial charge in [0.2, 0.25) is 5.91 Å². The largest absolute Gasteiger partial charge is 0.490 e. The summed E-state index contributed by atoms with van der Waals surface area (Å²) in [4.78, 5) is 33.0. The number of carbonyl (C=O) groups is 2. The van der Waals surface area contributed by atoms with Crippen LogP contribution in [0, 0.1) is 18.8 Å². The van der Waals surface area contributed by atoms with E-state index in [-0.39, 0.29) is 29.6 Å². The predicted molar refractivity (Wildman–Crippen MR) is 117 cm³/mol. The highest BCUT2D eigenvalue weighted by atomic mass is 16.5. The van der Waals surface area contributed by atoms with Gasteiger partial charge in [-0.1, -0.05) is 6.92 Å². The quantitative estimate of drug-likeness (QED) is 0.691. The van der Waals surface area contributed by atoms with Crippen LogP contribution in [0.15, 0.2) is 30.6 Å². The smallest absolute Gasteiger partial charge is 0.229 e. The van der Waals surface area contributed by atoms with Crippen molar-refractivity contribution in [1.82, 2.24) is 9.97 Å². The number of carbonyl (C=O) groups excluding carboxylic acids is 2. The maximum Gasteiger partial charge on any atom is 0.229 e. The van der Waals surface area contributed by atoms with Crippen LogP contribution >= 0.6 is 0 Å². The SMILES string of the molecule is CCCC(=O)[C@@H]1C[C@H]1C(=O)Nc1cc(-c2ccc(OC3CCOCC3)c(C)c2)ncn1. The fraction of sp³-hybridized carbons (Fsp3) is 0.500. The Morgan fingerprint density at radius 3 is 2.71 bits per heavy atom. The van der Waals surface area contributed by atoms with Crippen LogP contribution in [0.2, 0.25) is 0 Å². The Balaban J connectivity index is 1.40. The number of benzene rings is 1. The zero-order chi connectivity index (χ0) is 21.8. The number of ketones is 1. The number of nitrogens with zero attached hydrogens (tertiary/aromatic N) is 2. The lowest BCUT2D eigenvalue weighted by Crippen LogP contribution is -2.26. The Hall–Kier alpha value is -2.80. The van der Waals surface area contributed by atoms with E-state index in [4.69, 9.17) is 9.47 Å². The summed E-state index contributed by atoms with van der Waals surface area (Å²) in [6, 6.07) is 7.73. The number of hydrogen-bond acceptors (Lipinski definition) is 6. The minimum absolute atomic E-state index is 0.132. The molecule has 0 bridgehead atoms. The van der Waals surface area contributed by atoms with Crippen molar-refractivity contribution >= 4 is 17.5 Å². The molecule has 1 N–H and O–H groups in total. The van der Waals surface area contributed by atoms with E-state index in [0.717, 1.165) is 55.0 Å². The van der Waals surface area contributed by atoms with Crippen LogP contribution in [0.1, 0.15) is 44.6 Å². The summed E-state index contributed by atoms with van der Waals surface area (Å²) in [5, 5.41) is 2.84. The molecule has 1 saturated heterocycles. The summed E-state index contributed by atoms with van der Waals surface area (Å²) in [6.45, 7) is 5.48. The molecule has 1 amide bonds. The van der Waals surface area contributed by atoms with E-state index in [1.807, 2.05) is 32.0 Å². The van der Waals surface area contributed by atoms with Gasteiger partial charge in [-0.2, -0.15) is 0 Å². The first-order valence-corrected chi connectivity index (χ1v) is 11.1. The van der Waals surface area contributed by atoms with Crippen molar-refractivity contribution in [3.05, 3.63) is 36.2 Å². The number of rotatable bonds is 8. The molecule has 1 aliphatic heterocycles. The fourth-order valence-corrected chi connectivity index (χ4v) is 3.99. The summed E-state index contributed by atoms with van der Waals surface area (Å²) < 4.78 is 11.5. The van der Waals surface area contributed by atoms with E-state index in [0.29, 0.717) is 18.7 Å². The number of aromatic nitrogens is 2. The Morgan fingerprint density at radius 2 is 1.97 bits per heavy atom. The summed E-state index contributed by atoms with van der Waals surface area (Å²) in [5.74, 6) is 0.993. The van der Waals surface area contributed by atoms with E-state index in [2.05, 4.69) is 15.3 Å². The van der Waals surface area contributed by atoms with Crippen LogP contribution in [-0.2, 0) is 14.3 Å². The Kier molecular flexibility index (Phi) is 6.61. The van der Waals surface area contributed by atoms with Crippen molar-refractivity contribution in [1.29, 1.82) is 0 Å². The van der Waals surface area contributed by atoms with E-state index in [1.165, 1.54) is 6.33 Å². The summed E-state index contributed by atoms with van der Waals surface area (Å²) >= 11 is 0. The molecule has 1 saturated carbocycles. The molecule has 0 unspecified atom stereocenters. The van der Waals surface area contributed by atoms with Crippen molar-refractivity contribution in [2.75, 3.05) is 18.5 Å². The molecule has 7 heteroatoms. The first-order valence-electron chi connectivity index (χ1n) is 11.1. The molecule has 1 aliphatic carbocycles. The number of Topliss-reactive ketones (excluding diaryl/α,β-unsaturated/α-hetero) is 1. The Morgan fingerprint density at radius 1 is 1.16 bits per heavy atom. The minimum atomic E-state index is -0.235. The lowest BCUT2D eigenvalue weighted by molar-refractivity contribution is -0.123. The Bertz CT molecular complexity index is 956. The zero-order valence-corrected chi connectivity index (χ0v) is 18.1. The van der Waals surface area contributed by atoms with Crippen LogP contribution in [0.4, 0.5) is 5.82 Å². The highest BCUT2D eigenvalue weighted by Gasteiger charge is 2.47. The topological polar surface area (TPSA) is 90.4 Å². The molecule has 2 aliphatic rings. The summed E-state index contributed by atoms with van der Waals surface area (Å²) in [7, 11) is 0. The first-order chi connectivity index (χ1) is 15.0. The molecule has 4 rings (SSSR count). The highest BCUT2D eigenvalue weighted by molar-refractivity contribution is 5.99. The molecule has 0 spiro atoms. The van der Waals surface area contributed by atoms with Gasteiger partial charge in [-0.25, -0.2) is 9.97 Å². The fourth-order valence-electron chi connectivity index (χ4n) is 3.99. The third kappa shape index (κ3) is 5.28. The van der Waals surface area contributed by atoms with Crippen molar-refractivity contribution in [2.24, 2.45) is 11.8 Å². The second kappa shape index (κ2) is 9.56. The minimum Gasteiger partial charge on any atom is -0.490 e. The molecule has 0 radical (unpaired) electrons. The lowest BCUT2D eigenvalue weighted by Gasteiger charge is -2.24. The average Bonchev–Trinajstić information content (AvgIpc) is 3.58. The number of anilines is 1. The molecule has 2 fully saturated rings. The van der Waals surface area contributed by atoms with Gasteiger partial charge >= 0.3 is 0 Å². The molecule has 7 nitrogen and oxygen atoms in total. The molecule has 1 aromatic carbocycles. The lowest BCUT2D eigenvalue weighted by atomic mass is 10.1. The van der Waals surface area contributed by atoms with Crippen molar-refractivity contribution in [3.63, 3.8) is 0 Å². The number of aryl methyl sites for hydroxylation is 1. The highest BCUT2D eigenvalue weighted by Crippen LogP contribution is 2.41. The maximum absolute atomic E-state index is 12.5.